The molecular weight excluding hydrogens is 468 g/mol. The van der Waals surface area contributed by atoms with Crippen molar-refractivity contribution in [1.82, 2.24) is 5.32 Å². The van der Waals surface area contributed by atoms with Crippen LogP contribution in [0.2, 0.25) is 0 Å². The zero-order chi connectivity index (χ0) is 26.5. The lowest BCUT2D eigenvalue weighted by molar-refractivity contribution is -0.122. The van der Waals surface area contributed by atoms with Crippen molar-refractivity contribution in [3.8, 4) is 11.5 Å². The number of aryl methyl sites for hydroxylation is 2. The molecule has 0 unspecified atom stereocenters. The molecule has 0 aromatic heterocycles. The number of benzene rings is 3. The van der Waals surface area contributed by atoms with E-state index >= 15 is 0 Å². The number of amides is 4. The van der Waals surface area contributed by atoms with Gasteiger partial charge >= 0.3 is 6.03 Å². The second-order valence-electron chi connectivity index (χ2n) is 8.78. The molecule has 188 valence electrons. The number of imide groups is 2. The van der Waals surface area contributed by atoms with E-state index in [1.165, 1.54) is 13.2 Å². The maximum Gasteiger partial charge on any atom is 0.335 e. The standard InChI is InChI=1S/C30H28N2O5/c1-5-9-23-15-22(17-26(36-4)27(23)37-18-21-10-7-6-8-11-21)16-25-28(33)31-30(35)32(29(25)34)24-13-19(2)12-20(3)14-24/h5-8,10-17H,1,9,18H2,2-4H3,(H,31,33,35)/b25-16+. The molecule has 0 spiro atoms. The van der Waals surface area contributed by atoms with Crippen molar-refractivity contribution in [2.75, 3.05) is 12.0 Å². The van der Waals surface area contributed by atoms with Crippen LogP contribution in [-0.4, -0.2) is 25.0 Å². The zero-order valence-corrected chi connectivity index (χ0v) is 21.0. The number of urea groups is 1. The SMILES string of the molecule is C=CCc1cc(/C=C2\C(=O)NC(=O)N(c3cc(C)cc(C)c3)C2=O)cc(OC)c1OCc1ccccc1. The number of carbonyl (C=O) groups is 3. The van der Waals surface area contributed by atoms with Crippen molar-refractivity contribution < 1.29 is 23.9 Å². The smallest absolute Gasteiger partial charge is 0.335 e. The van der Waals surface area contributed by atoms with E-state index in [2.05, 4.69) is 11.9 Å². The van der Waals surface area contributed by atoms with Crippen molar-refractivity contribution in [2.24, 2.45) is 0 Å². The molecule has 0 radical (unpaired) electrons. The van der Waals surface area contributed by atoms with Gasteiger partial charge in [-0.25, -0.2) is 9.69 Å². The number of hydrogen-bond acceptors (Lipinski definition) is 5. The van der Waals surface area contributed by atoms with Crippen LogP contribution in [0.3, 0.4) is 0 Å². The summed E-state index contributed by atoms with van der Waals surface area (Å²) in [7, 11) is 1.53. The molecule has 4 rings (SSSR count). The fraction of sp³-hybridized carbons (Fsp3) is 0.167. The minimum Gasteiger partial charge on any atom is -0.493 e. The Morgan fingerprint density at radius 3 is 2.32 bits per heavy atom. The van der Waals surface area contributed by atoms with Crippen molar-refractivity contribution in [3.63, 3.8) is 0 Å². The van der Waals surface area contributed by atoms with Gasteiger partial charge in [0.05, 0.1) is 12.8 Å². The summed E-state index contributed by atoms with van der Waals surface area (Å²) in [5.74, 6) is -0.454. The third-order valence-corrected chi connectivity index (χ3v) is 5.84. The highest BCUT2D eigenvalue weighted by atomic mass is 16.5. The molecule has 1 saturated heterocycles. The van der Waals surface area contributed by atoms with Crippen molar-refractivity contribution in [1.29, 1.82) is 0 Å². The van der Waals surface area contributed by atoms with Crippen LogP contribution in [0.15, 0.2) is 78.9 Å². The van der Waals surface area contributed by atoms with Gasteiger partial charge in [0.25, 0.3) is 11.8 Å². The van der Waals surface area contributed by atoms with E-state index in [1.807, 2.05) is 56.3 Å². The maximum absolute atomic E-state index is 13.4. The molecule has 0 bridgehead atoms. The summed E-state index contributed by atoms with van der Waals surface area (Å²) in [4.78, 5) is 39.7. The molecule has 0 atom stereocenters. The molecule has 0 aliphatic carbocycles. The number of nitrogens with zero attached hydrogens (tertiary/aromatic N) is 1. The molecule has 0 saturated carbocycles. The first-order valence-electron chi connectivity index (χ1n) is 11.8. The van der Waals surface area contributed by atoms with Gasteiger partial charge in [-0.1, -0.05) is 42.5 Å². The Morgan fingerprint density at radius 1 is 0.973 bits per heavy atom. The molecule has 1 heterocycles. The number of nitrogens with one attached hydrogen (secondary N) is 1. The van der Waals surface area contributed by atoms with E-state index in [0.29, 0.717) is 35.8 Å². The lowest BCUT2D eigenvalue weighted by atomic mass is 10.0. The first kappa shape index (κ1) is 25.4. The average Bonchev–Trinajstić information content (AvgIpc) is 2.85. The molecular formula is C30H28N2O5. The Hall–Kier alpha value is -4.65. The van der Waals surface area contributed by atoms with E-state index in [9.17, 15) is 14.4 Å². The van der Waals surface area contributed by atoms with Gasteiger partial charge in [0.15, 0.2) is 11.5 Å². The fourth-order valence-corrected chi connectivity index (χ4v) is 4.26. The van der Waals surface area contributed by atoms with Crippen molar-refractivity contribution >= 4 is 29.6 Å². The van der Waals surface area contributed by atoms with E-state index in [-0.39, 0.29) is 5.57 Å². The number of hydrogen-bond donors (Lipinski definition) is 1. The number of allylic oxidation sites excluding steroid dienone is 1. The third kappa shape index (κ3) is 5.62. The van der Waals surface area contributed by atoms with Crippen LogP contribution < -0.4 is 19.7 Å². The molecule has 7 nitrogen and oxygen atoms in total. The molecule has 7 heteroatoms. The number of rotatable bonds is 8. The quantitative estimate of drug-likeness (QED) is 0.260. The average molecular weight is 497 g/mol. The molecule has 37 heavy (non-hydrogen) atoms. The minimum atomic E-state index is -0.785. The van der Waals surface area contributed by atoms with E-state index in [1.54, 1.807) is 24.3 Å². The first-order chi connectivity index (χ1) is 17.8. The monoisotopic (exact) mass is 496 g/mol. The van der Waals surface area contributed by atoms with Crippen LogP contribution in [-0.2, 0) is 22.6 Å². The highest BCUT2D eigenvalue weighted by Crippen LogP contribution is 2.35. The van der Waals surface area contributed by atoms with Crippen LogP contribution in [0.4, 0.5) is 10.5 Å². The predicted molar refractivity (Wildman–Crippen MR) is 143 cm³/mol. The van der Waals surface area contributed by atoms with Crippen LogP contribution in [0.1, 0.15) is 27.8 Å². The van der Waals surface area contributed by atoms with Gasteiger partial charge in [-0.15, -0.1) is 6.58 Å². The number of ether oxygens (including phenoxy) is 2. The molecule has 4 amide bonds. The molecule has 1 N–H and O–H groups in total. The van der Waals surface area contributed by atoms with Gasteiger partial charge in [0.2, 0.25) is 0 Å². The molecule has 1 aliphatic heterocycles. The maximum atomic E-state index is 13.4. The third-order valence-electron chi connectivity index (χ3n) is 5.84. The Balaban J connectivity index is 1.72. The highest BCUT2D eigenvalue weighted by Gasteiger charge is 2.37. The van der Waals surface area contributed by atoms with Crippen LogP contribution in [0.25, 0.3) is 6.08 Å². The van der Waals surface area contributed by atoms with Gasteiger partial charge in [-0.2, -0.15) is 0 Å². The second-order valence-corrected chi connectivity index (χ2v) is 8.78. The zero-order valence-electron chi connectivity index (χ0n) is 21.0. The molecule has 1 fully saturated rings. The second kappa shape index (κ2) is 11.0. The number of methoxy groups -OCH3 is 1. The lowest BCUT2D eigenvalue weighted by Gasteiger charge is -2.27. The van der Waals surface area contributed by atoms with Crippen LogP contribution in [0.5, 0.6) is 11.5 Å². The van der Waals surface area contributed by atoms with Gasteiger partial charge in [-0.3, -0.25) is 14.9 Å². The summed E-state index contributed by atoms with van der Waals surface area (Å²) in [5.41, 5.74) is 4.35. The Kier molecular flexibility index (Phi) is 7.53. The Labute approximate surface area is 216 Å². The summed E-state index contributed by atoms with van der Waals surface area (Å²) < 4.78 is 11.7. The number of barbiturate groups is 1. The van der Waals surface area contributed by atoms with Gasteiger partial charge in [0.1, 0.15) is 12.2 Å². The molecule has 3 aromatic rings. The Bertz CT molecular complexity index is 1390. The lowest BCUT2D eigenvalue weighted by Crippen LogP contribution is -2.54. The first-order valence-corrected chi connectivity index (χ1v) is 11.8. The van der Waals surface area contributed by atoms with E-state index in [0.717, 1.165) is 27.2 Å². The van der Waals surface area contributed by atoms with E-state index in [4.69, 9.17) is 9.47 Å². The fourth-order valence-electron chi connectivity index (χ4n) is 4.26. The van der Waals surface area contributed by atoms with Gasteiger partial charge in [-0.05, 0) is 72.9 Å². The normalized spacial score (nSPS) is 14.5. The van der Waals surface area contributed by atoms with Gasteiger partial charge in [0, 0.05) is 5.56 Å². The summed E-state index contributed by atoms with van der Waals surface area (Å²) in [6.07, 6.45) is 3.67. The predicted octanol–water partition coefficient (Wildman–Crippen LogP) is 5.29. The van der Waals surface area contributed by atoms with Crippen molar-refractivity contribution in [2.45, 2.75) is 26.9 Å². The molecule has 1 aliphatic rings. The summed E-state index contributed by atoms with van der Waals surface area (Å²) in [5, 5.41) is 2.27. The number of carbonyl (C=O) groups excluding carboxylic acids is 3. The largest absolute Gasteiger partial charge is 0.493 e. The topological polar surface area (TPSA) is 84.9 Å². The van der Waals surface area contributed by atoms with Crippen LogP contribution >= 0.6 is 0 Å². The summed E-state index contributed by atoms with van der Waals surface area (Å²) in [6.45, 7) is 7.92. The summed E-state index contributed by atoms with van der Waals surface area (Å²) in [6, 6.07) is 17.9. The molecule has 3 aromatic carbocycles. The highest BCUT2D eigenvalue weighted by molar-refractivity contribution is 6.39. The summed E-state index contributed by atoms with van der Waals surface area (Å²) >= 11 is 0. The minimum absolute atomic E-state index is 0.164. The van der Waals surface area contributed by atoms with Crippen molar-refractivity contribution in [3.05, 3.63) is 107 Å². The number of anilines is 1. The van der Waals surface area contributed by atoms with Crippen LogP contribution in [0, 0.1) is 13.8 Å². The van der Waals surface area contributed by atoms with E-state index < -0.39 is 17.8 Å². The Morgan fingerprint density at radius 2 is 1.68 bits per heavy atom. The van der Waals surface area contributed by atoms with Gasteiger partial charge < -0.3 is 9.47 Å².